The fourth-order valence-corrected chi connectivity index (χ4v) is 4.30. The normalized spacial score (nSPS) is 18.5. The van der Waals surface area contributed by atoms with E-state index in [9.17, 15) is 4.79 Å². The lowest BCUT2D eigenvalue weighted by molar-refractivity contribution is -0.121. The molecule has 2 heterocycles. The van der Waals surface area contributed by atoms with Crippen LogP contribution in [0.4, 0.5) is 0 Å². The monoisotopic (exact) mass is 362 g/mol. The van der Waals surface area contributed by atoms with Gasteiger partial charge in [0, 0.05) is 35.2 Å². The minimum atomic E-state index is 0.121. The van der Waals surface area contributed by atoms with Gasteiger partial charge in [-0.15, -0.1) is 5.10 Å². The van der Waals surface area contributed by atoms with E-state index in [1.54, 1.807) is 11.8 Å². The first-order chi connectivity index (χ1) is 11.8. The lowest BCUT2D eigenvalue weighted by Crippen LogP contribution is -2.36. The van der Waals surface area contributed by atoms with Crippen molar-refractivity contribution in [2.75, 3.05) is 12.8 Å². The molecular weight excluding hydrogens is 340 g/mol. The number of hydrogen-bond donors (Lipinski definition) is 2. The second-order valence-corrected chi connectivity index (χ2v) is 7.63. The molecule has 5 nitrogen and oxygen atoms in total. The Labute approximate surface area is 150 Å². The summed E-state index contributed by atoms with van der Waals surface area (Å²) in [6, 6.07) is 8.56. The third kappa shape index (κ3) is 4.55. The van der Waals surface area contributed by atoms with Crippen LogP contribution in [0.2, 0.25) is 0 Å². The minimum absolute atomic E-state index is 0.121. The van der Waals surface area contributed by atoms with E-state index in [-0.39, 0.29) is 5.91 Å². The van der Waals surface area contributed by atoms with Crippen LogP contribution in [0.25, 0.3) is 11.3 Å². The SMILES string of the molecule is CSC(CC(=O)NCc1ccc(-c2csnn2)cc1)C1CCCN1. The highest BCUT2D eigenvalue weighted by atomic mass is 32.2. The van der Waals surface area contributed by atoms with Crippen molar-refractivity contribution >= 4 is 29.2 Å². The fraction of sp³-hybridized carbons (Fsp3) is 0.471. The van der Waals surface area contributed by atoms with Crippen LogP contribution in [-0.2, 0) is 11.3 Å². The minimum Gasteiger partial charge on any atom is -0.352 e. The average Bonchev–Trinajstić information content (AvgIpc) is 3.32. The molecule has 1 aromatic carbocycles. The summed E-state index contributed by atoms with van der Waals surface area (Å²) in [5, 5.41) is 12.9. The molecule has 0 spiro atoms. The van der Waals surface area contributed by atoms with E-state index in [1.807, 2.05) is 29.6 Å². The molecule has 2 atom stereocenters. The summed E-state index contributed by atoms with van der Waals surface area (Å²) in [6.07, 6.45) is 5.04. The number of carbonyl (C=O) groups excluding carboxylic acids is 1. The van der Waals surface area contributed by atoms with Crippen LogP contribution < -0.4 is 10.6 Å². The lowest BCUT2D eigenvalue weighted by atomic mass is 10.1. The number of hydrogen-bond acceptors (Lipinski definition) is 6. The Morgan fingerprint density at radius 3 is 2.92 bits per heavy atom. The Balaban J connectivity index is 1.48. The summed E-state index contributed by atoms with van der Waals surface area (Å²) >= 11 is 3.13. The smallest absolute Gasteiger partial charge is 0.221 e. The first kappa shape index (κ1) is 17.4. The molecule has 2 N–H and O–H groups in total. The molecular formula is C17H22N4OS2. The van der Waals surface area contributed by atoms with Crippen LogP contribution >= 0.6 is 23.3 Å². The Morgan fingerprint density at radius 2 is 2.29 bits per heavy atom. The van der Waals surface area contributed by atoms with Crippen molar-refractivity contribution in [2.45, 2.75) is 37.1 Å². The second kappa shape index (κ2) is 8.60. The van der Waals surface area contributed by atoms with Gasteiger partial charge in [-0.2, -0.15) is 11.8 Å². The molecule has 1 saturated heterocycles. The molecule has 7 heteroatoms. The number of carbonyl (C=O) groups is 1. The van der Waals surface area contributed by atoms with E-state index in [0.29, 0.717) is 24.3 Å². The van der Waals surface area contributed by atoms with Crippen molar-refractivity contribution in [3.05, 3.63) is 35.2 Å². The lowest BCUT2D eigenvalue weighted by Gasteiger charge is -2.21. The highest BCUT2D eigenvalue weighted by Crippen LogP contribution is 2.22. The van der Waals surface area contributed by atoms with Crippen LogP contribution in [0.15, 0.2) is 29.6 Å². The van der Waals surface area contributed by atoms with Gasteiger partial charge in [-0.3, -0.25) is 4.79 Å². The molecule has 2 aromatic rings. The van der Waals surface area contributed by atoms with Gasteiger partial charge in [-0.1, -0.05) is 28.8 Å². The maximum Gasteiger partial charge on any atom is 0.221 e. The largest absolute Gasteiger partial charge is 0.352 e. The van der Waals surface area contributed by atoms with Crippen LogP contribution in [0.5, 0.6) is 0 Å². The number of nitrogens with zero attached hydrogens (tertiary/aromatic N) is 2. The molecule has 0 bridgehead atoms. The highest BCUT2D eigenvalue weighted by Gasteiger charge is 2.25. The molecule has 1 fully saturated rings. The fourth-order valence-electron chi connectivity index (χ4n) is 2.96. The van der Waals surface area contributed by atoms with Crippen molar-refractivity contribution in [3.63, 3.8) is 0 Å². The summed E-state index contributed by atoms with van der Waals surface area (Å²) in [5.74, 6) is 0.121. The van der Waals surface area contributed by atoms with E-state index in [0.717, 1.165) is 23.4 Å². The molecule has 0 saturated carbocycles. The van der Waals surface area contributed by atoms with Crippen LogP contribution in [0.3, 0.4) is 0 Å². The molecule has 0 aliphatic carbocycles. The standard InChI is InChI=1S/C17H22N4OS2/c1-23-16(14-3-2-8-18-14)9-17(22)19-10-12-4-6-13(7-5-12)15-11-24-21-20-15/h4-7,11,14,16,18H,2-3,8-10H2,1H3,(H,19,22). The van der Waals surface area contributed by atoms with Crippen LogP contribution in [-0.4, -0.2) is 39.6 Å². The van der Waals surface area contributed by atoms with Gasteiger partial charge in [0.25, 0.3) is 0 Å². The van der Waals surface area contributed by atoms with Gasteiger partial charge in [0.2, 0.25) is 5.91 Å². The number of amides is 1. The van der Waals surface area contributed by atoms with Crippen LogP contribution in [0, 0.1) is 0 Å². The molecule has 0 radical (unpaired) electrons. The predicted molar refractivity (Wildman–Crippen MR) is 100 cm³/mol. The number of aromatic nitrogens is 2. The Morgan fingerprint density at radius 1 is 1.46 bits per heavy atom. The molecule has 1 aliphatic rings. The molecule has 128 valence electrons. The van der Waals surface area contributed by atoms with E-state index in [2.05, 4.69) is 26.5 Å². The van der Waals surface area contributed by atoms with Gasteiger partial charge >= 0.3 is 0 Å². The molecule has 1 aliphatic heterocycles. The number of benzene rings is 1. The van der Waals surface area contributed by atoms with Gasteiger partial charge in [0.15, 0.2) is 0 Å². The van der Waals surface area contributed by atoms with E-state index >= 15 is 0 Å². The molecule has 2 unspecified atom stereocenters. The molecule has 3 rings (SSSR count). The zero-order valence-corrected chi connectivity index (χ0v) is 15.3. The number of thioether (sulfide) groups is 1. The van der Waals surface area contributed by atoms with Crippen LogP contribution in [0.1, 0.15) is 24.8 Å². The third-order valence-electron chi connectivity index (χ3n) is 4.34. The first-order valence-electron chi connectivity index (χ1n) is 8.15. The Kier molecular flexibility index (Phi) is 6.23. The maximum atomic E-state index is 12.2. The van der Waals surface area contributed by atoms with E-state index in [4.69, 9.17) is 0 Å². The first-order valence-corrected chi connectivity index (χ1v) is 10.3. The summed E-state index contributed by atoms with van der Waals surface area (Å²) in [4.78, 5) is 12.2. The summed E-state index contributed by atoms with van der Waals surface area (Å²) in [6.45, 7) is 1.64. The zero-order valence-electron chi connectivity index (χ0n) is 13.7. The van der Waals surface area contributed by atoms with Crippen molar-refractivity contribution in [1.29, 1.82) is 0 Å². The average molecular weight is 363 g/mol. The van der Waals surface area contributed by atoms with E-state index in [1.165, 1.54) is 24.4 Å². The number of nitrogens with one attached hydrogen (secondary N) is 2. The van der Waals surface area contributed by atoms with Crippen molar-refractivity contribution in [3.8, 4) is 11.3 Å². The highest BCUT2D eigenvalue weighted by molar-refractivity contribution is 7.99. The third-order valence-corrected chi connectivity index (χ3v) is 5.94. The van der Waals surface area contributed by atoms with Crippen molar-refractivity contribution in [2.24, 2.45) is 0 Å². The maximum absolute atomic E-state index is 12.2. The molecule has 1 aromatic heterocycles. The van der Waals surface area contributed by atoms with Gasteiger partial charge in [-0.25, -0.2) is 0 Å². The van der Waals surface area contributed by atoms with Gasteiger partial charge in [-0.05, 0) is 42.7 Å². The Bertz CT molecular complexity index is 639. The summed E-state index contributed by atoms with van der Waals surface area (Å²) in [5.41, 5.74) is 3.03. The van der Waals surface area contributed by atoms with Crippen molar-refractivity contribution in [1.82, 2.24) is 20.2 Å². The zero-order chi connectivity index (χ0) is 16.8. The van der Waals surface area contributed by atoms with Gasteiger partial charge < -0.3 is 10.6 Å². The predicted octanol–water partition coefficient (Wildman–Crippen LogP) is 2.70. The Hall–Kier alpha value is -1.44. The van der Waals surface area contributed by atoms with Gasteiger partial charge in [0.05, 0.1) is 0 Å². The summed E-state index contributed by atoms with van der Waals surface area (Å²) in [7, 11) is 0. The topological polar surface area (TPSA) is 66.9 Å². The number of rotatable bonds is 7. The molecule has 1 amide bonds. The molecule has 24 heavy (non-hydrogen) atoms. The van der Waals surface area contributed by atoms with Crippen molar-refractivity contribution < 1.29 is 4.79 Å². The van der Waals surface area contributed by atoms with Gasteiger partial charge in [0.1, 0.15) is 5.69 Å². The van der Waals surface area contributed by atoms with E-state index < -0.39 is 0 Å². The second-order valence-electron chi connectivity index (χ2n) is 5.94. The quantitative estimate of drug-likeness (QED) is 0.793. The summed E-state index contributed by atoms with van der Waals surface area (Å²) < 4.78 is 3.88.